The minimum atomic E-state index is 0.128. The first-order chi connectivity index (χ1) is 11.2. The van der Waals surface area contributed by atoms with Crippen molar-refractivity contribution in [3.8, 4) is 0 Å². The number of aryl methyl sites for hydroxylation is 2. The molecular formula is C19H23N2OS+. The topological polar surface area (TPSA) is 33.5 Å². The molecule has 0 spiro atoms. The van der Waals surface area contributed by atoms with Gasteiger partial charge in [-0.2, -0.15) is 0 Å². The molecule has 0 fully saturated rings. The third-order valence-electron chi connectivity index (χ3n) is 5.30. The molecule has 2 N–H and O–H groups in total. The van der Waals surface area contributed by atoms with Gasteiger partial charge in [-0.25, -0.2) is 0 Å². The number of thiophene rings is 1. The summed E-state index contributed by atoms with van der Waals surface area (Å²) in [6.07, 6.45) is 4.67. The second-order valence-electron chi connectivity index (χ2n) is 6.74. The molecule has 2 aromatic rings. The van der Waals surface area contributed by atoms with E-state index in [0.29, 0.717) is 12.6 Å². The molecule has 2 heterocycles. The van der Waals surface area contributed by atoms with Crippen LogP contribution < -0.4 is 10.2 Å². The van der Waals surface area contributed by atoms with Gasteiger partial charge in [-0.1, -0.05) is 6.07 Å². The molecule has 120 valence electrons. The summed E-state index contributed by atoms with van der Waals surface area (Å²) in [7, 11) is 0. The number of hydrogen-bond donors (Lipinski definition) is 2. The molecule has 1 aromatic carbocycles. The lowest BCUT2D eigenvalue weighted by atomic mass is 10.0. The van der Waals surface area contributed by atoms with E-state index in [1.807, 2.05) is 17.4 Å². The van der Waals surface area contributed by atoms with Crippen LogP contribution in [0.5, 0.6) is 0 Å². The molecule has 1 amide bonds. The van der Waals surface area contributed by atoms with Crippen LogP contribution in [0.25, 0.3) is 0 Å². The largest absolute Gasteiger partial charge is 0.321 e. The van der Waals surface area contributed by atoms with Crippen LogP contribution in [-0.2, 0) is 24.1 Å². The summed E-state index contributed by atoms with van der Waals surface area (Å²) in [6, 6.07) is 9.02. The van der Waals surface area contributed by atoms with Crippen LogP contribution in [-0.4, -0.2) is 19.0 Å². The normalized spacial score (nSPS) is 22.5. The number of nitrogens with one attached hydrogen (secondary N) is 2. The minimum Gasteiger partial charge on any atom is -0.321 e. The zero-order chi connectivity index (χ0) is 15.8. The summed E-state index contributed by atoms with van der Waals surface area (Å²) in [5.41, 5.74) is 5.24. The van der Waals surface area contributed by atoms with E-state index in [1.54, 1.807) is 0 Å². The van der Waals surface area contributed by atoms with Gasteiger partial charge in [0.05, 0.1) is 6.54 Å². The Kier molecular flexibility index (Phi) is 3.95. The molecule has 0 saturated heterocycles. The zero-order valence-corrected chi connectivity index (χ0v) is 14.3. The number of carbonyl (C=O) groups excluding carboxylic acids is 1. The van der Waals surface area contributed by atoms with Crippen molar-refractivity contribution >= 4 is 22.9 Å². The Bertz CT molecular complexity index is 737. The Balaban J connectivity index is 1.41. The van der Waals surface area contributed by atoms with E-state index in [2.05, 4.69) is 35.8 Å². The highest BCUT2D eigenvalue weighted by atomic mass is 32.1. The summed E-state index contributed by atoms with van der Waals surface area (Å²) in [5.74, 6) is 0.128. The Labute approximate surface area is 141 Å². The predicted octanol–water partition coefficient (Wildman–Crippen LogP) is 2.38. The van der Waals surface area contributed by atoms with Gasteiger partial charge in [-0.05, 0) is 60.9 Å². The number of hydrogen-bond acceptors (Lipinski definition) is 2. The van der Waals surface area contributed by atoms with Gasteiger partial charge in [-0.15, -0.1) is 11.3 Å². The van der Waals surface area contributed by atoms with Crippen LogP contribution in [0, 0.1) is 0 Å². The van der Waals surface area contributed by atoms with Crippen molar-refractivity contribution in [3.05, 3.63) is 51.2 Å². The van der Waals surface area contributed by atoms with Crippen LogP contribution >= 0.6 is 11.3 Å². The maximum absolute atomic E-state index is 12.4. The van der Waals surface area contributed by atoms with E-state index in [4.69, 9.17) is 0 Å². The van der Waals surface area contributed by atoms with Gasteiger partial charge in [0.1, 0.15) is 6.04 Å². The SMILES string of the molecule is C[C@H]1c2ccsc2CC[NH+]1CC(=O)Nc1ccc2c(c1)CCC2. The first-order valence-electron chi connectivity index (χ1n) is 8.53. The molecule has 1 aromatic heterocycles. The average molecular weight is 327 g/mol. The van der Waals surface area contributed by atoms with Gasteiger partial charge in [0, 0.05) is 22.5 Å². The van der Waals surface area contributed by atoms with Crippen molar-refractivity contribution in [1.82, 2.24) is 0 Å². The number of rotatable bonds is 3. The Morgan fingerprint density at radius 2 is 2.13 bits per heavy atom. The predicted molar refractivity (Wildman–Crippen MR) is 94.2 cm³/mol. The van der Waals surface area contributed by atoms with Crippen LogP contribution in [0.4, 0.5) is 5.69 Å². The van der Waals surface area contributed by atoms with E-state index in [9.17, 15) is 4.79 Å². The molecular weight excluding hydrogens is 304 g/mol. The first kappa shape index (κ1) is 14.9. The molecule has 3 nitrogen and oxygen atoms in total. The maximum Gasteiger partial charge on any atom is 0.279 e. The van der Waals surface area contributed by atoms with Crippen LogP contribution in [0.2, 0.25) is 0 Å². The minimum absolute atomic E-state index is 0.128. The van der Waals surface area contributed by atoms with Crippen LogP contribution in [0.3, 0.4) is 0 Å². The fourth-order valence-electron chi connectivity index (χ4n) is 3.95. The maximum atomic E-state index is 12.4. The number of benzene rings is 1. The fourth-order valence-corrected chi connectivity index (χ4v) is 4.93. The molecule has 2 atom stereocenters. The second kappa shape index (κ2) is 6.10. The zero-order valence-electron chi connectivity index (χ0n) is 13.5. The molecule has 1 aliphatic carbocycles. The molecule has 0 saturated carbocycles. The highest BCUT2D eigenvalue weighted by Gasteiger charge is 2.29. The lowest BCUT2D eigenvalue weighted by Crippen LogP contribution is -3.14. The van der Waals surface area contributed by atoms with Gasteiger partial charge in [-0.3, -0.25) is 4.79 Å². The smallest absolute Gasteiger partial charge is 0.279 e. The Morgan fingerprint density at radius 3 is 3.04 bits per heavy atom. The van der Waals surface area contributed by atoms with Crippen molar-refractivity contribution < 1.29 is 9.69 Å². The van der Waals surface area contributed by atoms with Crippen LogP contribution in [0.1, 0.15) is 41.0 Å². The Morgan fingerprint density at radius 1 is 1.26 bits per heavy atom. The van der Waals surface area contributed by atoms with E-state index < -0.39 is 0 Å². The number of carbonyl (C=O) groups is 1. The van der Waals surface area contributed by atoms with Crippen molar-refractivity contribution in [2.45, 2.75) is 38.6 Å². The second-order valence-corrected chi connectivity index (χ2v) is 7.74. The third kappa shape index (κ3) is 2.93. The van der Waals surface area contributed by atoms with E-state index in [1.165, 1.54) is 39.3 Å². The molecule has 4 heteroatoms. The van der Waals surface area contributed by atoms with E-state index in [0.717, 1.165) is 25.1 Å². The molecule has 1 unspecified atom stereocenters. The molecule has 1 aliphatic heterocycles. The number of anilines is 1. The summed E-state index contributed by atoms with van der Waals surface area (Å²) in [6.45, 7) is 3.84. The first-order valence-corrected chi connectivity index (χ1v) is 9.41. The van der Waals surface area contributed by atoms with E-state index in [-0.39, 0.29) is 5.91 Å². The number of amides is 1. The van der Waals surface area contributed by atoms with Crippen molar-refractivity contribution in [3.63, 3.8) is 0 Å². The van der Waals surface area contributed by atoms with Gasteiger partial charge < -0.3 is 10.2 Å². The molecule has 2 aliphatic rings. The number of fused-ring (bicyclic) bond motifs is 2. The summed E-state index contributed by atoms with van der Waals surface area (Å²) in [4.78, 5) is 15.3. The summed E-state index contributed by atoms with van der Waals surface area (Å²) in [5, 5.41) is 5.28. The molecule has 23 heavy (non-hydrogen) atoms. The van der Waals surface area contributed by atoms with Crippen molar-refractivity contribution in [2.24, 2.45) is 0 Å². The molecule has 0 radical (unpaired) electrons. The average Bonchev–Trinajstić information content (AvgIpc) is 3.18. The Hall–Kier alpha value is -1.65. The van der Waals surface area contributed by atoms with Gasteiger partial charge in [0.25, 0.3) is 5.91 Å². The van der Waals surface area contributed by atoms with Gasteiger partial charge >= 0.3 is 0 Å². The highest BCUT2D eigenvalue weighted by Crippen LogP contribution is 2.25. The highest BCUT2D eigenvalue weighted by molar-refractivity contribution is 7.10. The van der Waals surface area contributed by atoms with Crippen molar-refractivity contribution in [1.29, 1.82) is 0 Å². The lowest BCUT2D eigenvalue weighted by Gasteiger charge is -2.29. The van der Waals surface area contributed by atoms with Crippen LogP contribution in [0.15, 0.2) is 29.6 Å². The fraction of sp³-hybridized carbons (Fsp3) is 0.421. The number of quaternary nitrogens is 1. The summed E-state index contributed by atoms with van der Waals surface area (Å²) >= 11 is 1.85. The summed E-state index contributed by atoms with van der Waals surface area (Å²) < 4.78 is 0. The molecule has 4 rings (SSSR count). The third-order valence-corrected chi connectivity index (χ3v) is 6.30. The standard InChI is InChI=1S/C19H22N2OS/c1-13-17-8-10-23-18(17)7-9-21(13)12-19(22)20-16-6-5-14-3-2-4-15(14)11-16/h5-6,8,10-11,13H,2-4,7,9,12H2,1H3,(H,20,22)/p+1/t13-/m0/s1. The van der Waals surface area contributed by atoms with Gasteiger partial charge in [0.2, 0.25) is 0 Å². The lowest BCUT2D eigenvalue weighted by molar-refractivity contribution is -0.923. The molecule has 0 bridgehead atoms. The monoisotopic (exact) mass is 327 g/mol. The van der Waals surface area contributed by atoms with Crippen molar-refractivity contribution in [2.75, 3.05) is 18.4 Å². The van der Waals surface area contributed by atoms with E-state index >= 15 is 0 Å². The van der Waals surface area contributed by atoms with Gasteiger partial charge in [0.15, 0.2) is 6.54 Å². The quantitative estimate of drug-likeness (QED) is 0.892.